The van der Waals surface area contributed by atoms with Crippen molar-refractivity contribution in [3.8, 4) is 0 Å². The van der Waals surface area contributed by atoms with E-state index >= 15 is 0 Å². The van der Waals surface area contributed by atoms with Gasteiger partial charge in [0.2, 0.25) is 0 Å². The van der Waals surface area contributed by atoms with Crippen LogP contribution in [0.15, 0.2) is 11.9 Å². The summed E-state index contributed by atoms with van der Waals surface area (Å²) in [4.78, 5) is 2.43. The molecule has 0 bridgehead atoms. The van der Waals surface area contributed by atoms with Gasteiger partial charge in [0, 0.05) is 19.6 Å². The van der Waals surface area contributed by atoms with Crippen molar-refractivity contribution in [1.82, 2.24) is 10.2 Å². The van der Waals surface area contributed by atoms with Gasteiger partial charge in [0.05, 0.1) is 5.82 Å². The second kappa shape index (κ2) is 5.07. The van der Waals surface area contributed by atoms with Crippen LogP contribution in [0.4, 0.5) is 0 Å². The first-order valence-electron chi connectivity index (χ1n) is 5.07. The monoisotopic (exact) mass is 168 g/mol. The Hall–Kier alpha value is -0.660. The Morgan fingerprint density at radius 2 is 2.33 bits per heavy atom. The molecule has 0 spiro atoms. The Morgan fingerprint density at radius 1 is 1.50 bits per heavy atom. The zero-order valence-electron chi connectivity index (χ0n) is 8.27. The van der Waals surface area contributed by atoms with Crippen LogP contribution in [0.25, 0.3) is 0 Å². The van der Waals surface area contributed by atoms with Crippen LogP contribution in [0.3, 0.4) is 0 Å². The zero-order chi connectivity index (χ0) is 8.81. The van der Waals surface area contributed by atoms with E-state index in [4.69, 9.17) is 0 Å². The molecule has 1 aliphatic heterocycles. The quantitative estimate of drug-likeness (QED) is 0.675. The van der Waals surface area contributed by atoms with Gasteiger partial charge in [-0.25, -0.2) is 0 Å². The van der Waals surface area contributed by atoms with Crippen molar-refractivity contribution in [1.29, 1.82) is 0 Å². The van der Waals surface area contributed by atoms with Crippen LogP contribution in [0.5, 0.6) is 0 Å². The highest BCUT2D eigenvalue weighted by Gasteiger charge is 2.09. The molecule has 1 rings (SSSR count). The van der Waals surface area contributed by atoms with Crippen molar-refractivity contribution < 1.29 is 0 Å². The minimum atomic E-state index is 1.12. The number of rotatable bonds is 5. The normalized spacial score (nSPS) is 15.7. The van der Waals surface area contributed by atoms with Crippen molar-refractivity contribution in [2.24, 2.45) is 0 Å². The van der Waals surface area contributed by atoms with Gasteiger partial charge in [-0.15, -0.1) is 0 Å². The Labute approximate surface area is 75.6 Å². The summed E-state index contributed by atoms with van der Waals surface area (Å²) in [6, 6.07) is 0. The van der Waals surface area contributed by atoms with Gasteiger partial charge in [0.25, 0.3) is 0 Å². The van der Waals surface area contributed by atoms with Gasteiger partial charge < -0.3 is 10.2 Å². The molecular weight excluding hydrogens is 148 g/mol. The zero-order valence-corrected chi connectivity index (χ0v) is 8.27. The van der Waals surface area contributed by atoms with E-state index in [1.165, 1.54) is 31.6 Å². The molecule has 0 aromatic heterocycles. The molecule has 0 unspecified atom stereocenters. The summed E-state index contributed by atoms with van der Waals surface area (Å²) in [6.45, 7) is 7.91. The van der Waals surface area contributed by atoms with Crippen molar-refractivity contribution in [3.05, 3.63) is 11.9 Å². The Bertz CT molecular complexity index is 152. The first-order valence-corrected chi connectivity index (χ1v) is 5.07. The highest BCUT2D eigenvalue weighted by atomic mass is 15.2. The van der Waals surface area contributed by atoms with Gasteiger partial charge in [-0.05, 0) is 25.8 Å². The van der Waals surface area contributed by atoms with Crippen LogP contribution in [0, 0.1) is 0 Å². The number of hydrogen-bond donors (Lipinski definition) is 1. The third kappa shape index (κ3) is 2.43. The maximum Gasteiger partial charge on any atom is 0.0972 e. The Balaban J connectivity index is 2.33. The lowest BCUT2D eigenvalue weighted by atomic mass is 10.3. The summed E-state index contributed by atoms with van der Waals surface area (Å²) in [6.07, 6.45) is 6.08. The lowest BCUT2D eigenvalue weighted by molar-refractivity contribution is 0.337. The fourth-order valence-corrected chi connectivity index (χ4v) is 1.52. The van der Waals surface area contributed by atoms with E-state index in [9.17, 15) is 0 Å². The maximum atomic E-state index is 3.40. The van der Waals surface area contributed by atoms with Crippen molar-refractivity contribution in [3.63, 3.8) is 0 Å². The SMILES string of the molecule is CCCCN(CC)C1=CCCN1. The van der Waals surface area contributed by atoms with Crippen LogP contribution in [0.2, 0.25) is 0 Å². The lowest BCUT2D eigenvalue weighted by Crippen LogP contribution is -2.30. The lowest BCUT2D eigenvalue weighted by Gasteiger charge is -2.24. The van der Waals surface area contributed by atoms with E-state index in [0.717, 1.165) is 13.1 Å². The smallest absolute Gasteiger partial charge is 0.0972 e. The summed E-state index contributed by atoms with van der Waals surface area (Å²) < 4.78 is 0. The molecule has 0 amide bonds. The van der Waals surface area contributed by atoms with Crippen LogP contribution >= 0.6 is 0 Å². The molecule has 1 heterocycles. The third-order valence-electron chi connectivity index (χ3n) is 2.29. The average molecular weight is 168 g/mol. The minimum Gasteiger partial charge on any atom is -0.372 e. The molecule has 0 aromatic carbocycles. The van der Waals surface area contributed by atoms with Crippen LogP contribution in [-0.2, 0) is 0 Å². The second-order valence-electron chi connectivity index (χ2n) is 3.24. The first-order chi connectivity index (χ1) is 5.88. The number of hydrogen-bond acceptors (Lipinski definition) is 2. The fraction of sp³-hybridized carbons (Fsp3) is 0.800. The fourth-order valence-electron chi connectivity index (χ4n) is 1.52. The van der Waals surface area contributed by atoms with Crippen molar-refractivity contribution in [2.45, 2.75) is 33.1 Å². The number of nitrogens with zero attached hydrogens (tertiary/aromatic N) is 1. The highest BCUT2D eigenvalue weighted by Crippen LogP contribution is 2.08. The molecule has 0 saturated heterocycles. The average Bonchev–Trinajstić information content (AvgIpc) is 2.59. The van der Waals surface area contributed by atoms with Gasteiger partial charge in [0.1, 0.15) is 0 Å². The largest absolute Gasteiger partial charge is 0.372 e. The molecule has 0 radical (unpaired) electrons. The van der Waals surface area contributed by atoms with Gasteiger partial charge in [0.15, 0.2) is 0 Å². The molecule has 2 nitrogen and oxygen atoms in total. The summed E-state index contributed by atoms with van der Waals surface area (Å²) in [5.41, 5.74) is 0. The number of nitrogens with one attached hydrogen (secondary N) is 1. The molecular formula is C10H20N2. The molecule has 1 N–H and O–H groups in total. The Morgan fingerprint density at radius 3 is 2.83 bits per heavy atom. The van der Waals surface area contributed by atoms with E-state index < -0.39 is 0 Å². The van der Waals surface area contributed by atoms with E-state index in [2.05, 4.69) is 30.1 Å². The van der Waals surface area contributed by atoms with E-state index in [0.29, 0.717) is 0 Å². The minimum absolute atomic E-state index is 1.12. The first kappa shape index (κ1) is 9.43. The molecule has 0 saturated carbocycles. The van der Waals surface area contributed by atoms with E-state index in [1.54, 1.807) is 0 Å². The molecule has 70 valence electrons. The van der Waals surface area contributed by atoms with Gasteiger partial charge >= 0.3 is 0 Å². The van der Waals surface area contributed by atoms with Crippen LogP contribution in [-0.4, -0.2) is 24.5 Å². The summed E-state index contributed by atoms with van der Waals surface area (Å²) >= 11 is 0. The van der Waals surface area contributed by atoms with Gasteiger partial charge in [-0.2, -0.15) is 0 Å². The topological polar surface area (TPSA) is 15.3 Å². The number of unbranched alkanes of at least 4 members (excludes halogenated alkanes) is 1. The summed E-state index contributed by atoms with van der Waals surface area (Å²) in [5.74, 6) is 1.35. The van der Waals surface area contributed by atoms with Crippen LogP contribution < -0.4 is 5.32 Å². The third-order valence-corrected chi connectivity index (χ3v) is 2.29. The molecule has 1 aliphatic rings. The second-order valence-corrected chi connectivity index (χ2v) is 3.24. The predicted octanol–water partition coefficient (Wildman–Crippen LogP) is 1.94. The van der Waals surface area contributed by atoms with Gasteiger partial charge in [-0.1, -0.05) is 13.3 Å². The summed E-state index contributed by atoms with van der Waals surface area (Å²) in [7, 11) is 0. The molecule has 2 heteroatoms. The molecule has 12 heavy (non-hydrogen) atoms. The highest BCUT2D eigenvalue weighted by molar-refractivity contribution is 5.04. The van der Waals surface area contributed by atoms with E-state index in [-0.39, 0.29) is 0 Å². The standard InChI is InChI=1S/C10H20N2/c1-3-5-9-12(4-2)10-7-6-8-11-10/h7,11H,3-6,8-9H2,1-2H3. The molecule has 0 atom stereocenters. The maximum absolute atomic E-state index is 3.40. The Kier molecular flexibility index (Phi) is 3.98. The van der Waals surface area contributed by atoms with Crippen LogP contribution in [0.1, 0.15) is 33.1 Å². The van der Waals surface area contributed by atoms with Crippen molar-refractivity contribution >= 4 is 0 Å². The molecule has 0 fully saturated rings. The summed E-state index contributed by atoms with van der Waals surface area (Å²) in [5, 5.41) is 3.40. The van der Waals surface area contributed by atoms with Gasteiger partial charge in [-0.3, -0.25) is 0 Å². The van der Waals surface area contributed by atoms with Crippen molar-refractivity contribution in [2.75, 3.05) is 19.6 Å². The molecule has 0 aromatic rings. The van der Waals surface area contributed by atoms with E-state index in [1.807, 2.05) is 0 Å². The molecule has 0 aliphatic carbocycles. The predicted molar refractivity (Wildman–Crippen MR) is 52.9 cm³/mol.